The van der Waals surface area contributed by atoms with Crippen molar-refractivity contribution in [2.24, 2.45) is 0 Å². The lowest BCUT2D eigenvalue weighted by atomic mass is 10.2. The number of benzene rings is 1. The molecule has 1 amide bonds. The molecule has 0 saturated heterocycles. The molecule has 1 N–H and O–H groups in total. The Morgan fingerprint density at radius 2 is 1.77 bits per heavy atom. The summed E-state index contributed by atoms with van der Waals surface area (Å²) in [5.41, 5.74) is 2.05. The summed E-state index contributed by atoms with van der Waals surface area (Å²) in [4.78, 5) is 26.2. The topological polar surface area (TPSA) is 123 Å². The molecule has 40 heavy (non-hydrogen) atoms. The van der Waals surface area contributed by atoms with E-state index in [1.165, 1.54) is 6.20 Å². The van der Waals surface area contributed by atoms with Crippen LogP contribution < -0.4 is 24.3 Å². The van der Waals surface area contributed by atoms with E-state index < -0.39 is 0 Å². The van der Waals surface area contributed by atoms with Gasteiger partial charge < -0.3 is 24.3 Å². The Morgan fingerprint density at radius 3 is 2.50 bits per heavy atom. The van der Waals surface area contributed by atoms with Crippen LogP contribution in [0.25, 0.3) is 10.9 Å². The van der Waals surface area contributed by atoms with Gasteiger partial charge in [0.1, 0.15) is 17.3 Å². The first kappa shape index (κ1) is 26.4. The van der Waals surface area contributed by atoms with Crippen molar-refractivity contribution in [1.29, 1.82) is 0 Å². The van der Waals surface area contributed by atoms with E-state index in [0.717, 1.165) is 10.9 Å². The molecule has 0 radical (unpaired) electrons. The monoisotopic (exact) mass is 540 g/mol. The fourth-order valence-electron chi connectivity index (χ4n) is 4.16. The molecule has 204 valence electrons. The number of ether oxygens (including phenoxy) is 4. The molecule has 5 rings (SSSR count). The number of hydrogen-bond donors (Lipinski definition) is 1. The predicted octanol–water partition coefficient (Wildman–Crippen LogP) is 4.92. The minimum atomic E-state index is -0.380. The molecule has 4 heterocycles. The number of carbonyl (C=O) groups is 1. The molecule has 5 aromatic rings. The number of amides is 1. The maximum absolute atomic E-state index is 13.3. The first-order valence-electron chi connectivity index (χ1n) is 12.6. The minimum Gasteiger partial charge on any atom is -0.493 e. The Morgan fingerprint density at radius 1 is 0.925 bits per heavy atom. The maximum atomic E-state index is 13.3. The van der Waals surface area contributed by atoms with Gasteiger partial charge in [0.2, 0.25) is 0 Å². The van der Waals surface area contributed by atoms with Crippen LogP contribution in [0.15, 0.2) is 73.4 Å². The summed E-state index contributed by atoms with van der Waals surface area (Å²) in [7, 11) is 3.15. The Balaban J connectivity index is 1.31. The van der Waals surface area contributed by atoms with Gasteiger partial charge >= 0.3 is 0 Å². The minimum absolute atomic E-state index is 0.320. The van der Waals surface area contributed by atoms with Crippen molar-refractivity contribution in [1.82, 2.24) is 24.7 Å². The van der Waals surface area contributed by atoms with Crippen molar-refractivity contribution in [2.75, 3.05) is 26.1 Å². The first-order valence-corrected chi connectivity index (χ1v) is 12.6. The standard InChI is InChI=1S/C29H28N6O5/c1-4-39-26-18-33-35(13-10-19-6-5-11-30-16-19)28(26)29(36)34-27-8-7-20(17-32-27)40-23-9-12-31-22-15-25(38-3)24(37-2)14-21(22)23/h5-9,11-12,14-18H,4,10,13H2,1-3H3,(H,32,34,36). The molecule has 1 aromatic carbocycles. The van der Waals surface area contributed by atoms with Crippen LogP contribution in [0.3, 0.4) is 0 Å². The van der Waals surface area contributed by atoms with E-state index in [0.29, 0.717) is 65.3 Å². The van der Waals surface area contributed by atoms with Gasteiger partial charge in [-0.25, -0.2) is 4.98 Å². The molecule has 0 aliphatic rings. The zero-order valence-electron chi connectivity index (χ0n) is 22.3. The summed E-state index contributed by atoms with van der Waals surface area (Å²) < 4.78 is 24.2. The summed E-state index contributed by atoms with van der Waals surface area (Å²) in [6.45, 7) is 2.74. The molecule has 11 heteroatoms. The fourth-order valence-corrected chi connectivity index (χ4v) is 4.16. The molecule has 0 saturated carbocycles. The van der Waals surface area contributed by atoms with Gasteiger partial charge in [0.15, 0.2) is 22.9 Å². The molecule has 0 bridgehead atoms. The molecule has 0 fully saturated rings. The van der Waals surface area contributed by atoms with Crippen LogP contribution in [-0.4, -0.2) is 51.5 Å². The van der Waals surface area contributed by atoms with Crippen molar-refractivity contribution in [3.05, 3.63) is 84.7 Å². The van der Waals surface area contributed by atoms with Gasteiger partial charge in [-0.05, 0) is 49.2 Å². The predicted molar refractivity (Wildman–Crippen MR) is 148 cm³/mol. The third-order valence-electron chi connectivity index (χ3n) is 6.07. The van der Waals surface area contributed by atoms with E-state index in [2.05, 4.69) is 25.4 Å². The van der Waals surface area contributed by atoms with E-state index in [1.54, 1.807) is 68.0 Å². The third-order valence-corrected chi connectivity index (χ3v) is 6.07. The lowest BCUT2D eigenvalue weighted by Crippen LogP contribution is -2.20. The van der Waals surface area contributed by atoms with Crippen molar-refractivity contribution in [2.45, 2.75) is 19.9 Å². The van der Waals surface area contributed by atoms with Crippen LogP contribution in [-0.2, 0) is 13.0 Å². The quantitative estimate of drug-likeness (QED) is 0.249. The highest BCUT2D eigenvalue weighted by Crippen LogP contribution is 2.36. The Kier molecular flexibility index (Phi) is 8.00. The number of aromatic nitrogens is 5. The SMILES string of the molecule is CCOc1cnn(CCc2cccnc2)c1C(=O)Nc1ccc(Oc2ccnc3cc(OC)c(OC)cc23)cn1. The van der Waals surface area contributed by atoms with E-state index in [-0.39, 0.29) is 5.91 Å². The van der Waals surface area contributed by atoms with Crippen molar-refractivity contribution >= 4 is 22.6 Å². The van der Waals surface area contributed by atoms with Gasteiger partial charge in [-0.15, -0.1) is 0 Å². The zero-order valence-corrected chi connectivity index (χ0v) is 22.3. The second-order valence-electron chi connectivity index (χ2n) is 8.59. The molecular weight excluding hydrogens is 512 g/mol. The van der Waals surface area contributed by atoms with E-state index in [1.807, 2.05) is 25.1 Å². The first-order chi connectivity index (χ1) is 19.6. The highest BCUT2D eigenvalue weighted by molar-refractivity contribution is 6.04. The smallest absolute Gasteiger partial charge is 0.278 e. The van der Waals surface area contributed by atoms with E-state index >= 15 is 0 Å². The normalized spacial score (nSPS) is 10.8. The van der Waals surface area contributed by atoms with Crippen LogP contribution >= 0.6 is 0 Å². The molecule has 0 aliphatic carbocycles. The summed E-state index contributed by atoms with van der Waals surface area (Å²) in [5.74, 6) is 2.57. The van der Waals surface area contributed by atoms with Crippen LogP contribution in [0.4, 0.5) is 5.82 Å². The number of pyridine rings is 3. The molecule has 0 unspecified atom stereocenters. The summed E-state index contributed by atoms with van der Waals surface area (Å²) in [6.07, 6.45) is 8.91. The number of aryl methyl sites for hydroxylation is 2. The zero-order chi connectivity index (χ0) is 27.9. The van der Waals surface area contributed by atoms with Gasteiger partial charge in [0.25, 0.3) is 5.91 Å². The molecule has 0 atom stereocenters. The van der Waals surface area contributed by atoms with Crippen LogP contribution in [0.5, 0.6) is 28.7 Å². The van der Waals surface area contributed by atoms with Gasteiger partial charge in [0, 0.05) is 36.6 Å². The largest absolute Gasteiger partial charge is 0.493 e. The average Bonchev–Trinajstić information content (AvgIpc) is 3.39. The number of nitrogens with one attached hydrogen (secondary N) is 1. The molecule has 0 aliphatic heterocycles. The molecule has 4 aromatic heterocycles. The van der Waals surface area contributed by atoms with Crippen LogP contribution in [0.1, 0.15) is 23.0 Å². The van der Waals surface area contributed by atoms with E-state index in [9.17, 15) is 4.79 Å². The van der Waals surface area contributed by atoms with Crippen molar-refractivity contribution in [3.8, 4) is 28.7 Å². The van der Waals surface area contributed by atoms with Crippen molar-refractivity contribution in [3.63, 3.8) is 0 Å². The molecule has 11 nitrogen and oxygen atoms in total. The Labute approximate surface area is 230 Å². The lowest BCUT2D eigenvalue weighted by molar-refractivity contribution is 0.101. The number of fused-ring (bicyclic) bond motifs is 1. The number of anilines is 1. The molecular formula is C29H28N6O5. The Bertz CT molecular complexity index is 1610. The Hall–Kier alpha value is -5.19. The summed E-state index contributed by atoms with van der Waals surface area (Å²) in [6, 6.07) is 12.6. The fraction of sp³-hybridized carbons (Fsp3) is 0.207. The number of hydrogen-bond acceptors (Lipinski definition) is 9. The summed E-state index contributed by atoms with van der Waals surface area (Å²) in [5, 5.41) is 7.95. The van der Waals surface area contributed by atoms with Gasteiger partial charge in [0.05, 0.1) is 38.7 Å². The van der Waals surface area contributed by atoms with Gasteiger partial charge in [-0.1, -0.05) is 6.07 Å². The molecule has 0 spiro atoms. The number of nitrogens with zero attached hydrogens (tertiary/aromatic N) is 5. The third kappa shape index (κ3) is 5.78. The van der Waals surface area contributed by atoms with E-state index in [4.69, 9.17) is 18.9 Å². The van der Waals surface area contributed by atoms with Gasteiger partial charge in [-0.2, -0.15) is 5.10 Å². The maximum Gasteiger partial charge on any atom is 0.278 e. The van der Waals surface area contributed by atoms with Crippen molar-refractivity contribution < 1.29 is 23.7 Å². The number of methoxy groups -OCH3 is 2. The summed E-state index contributed by atoms with van der Waals surface area (Å²) >= 11 is 0. The second-order valence-corrected chi connectivity index (χ2v) is 8.59. The van der Waals surface area contributed by atoms with Crippen LogP contribution in [0, 0.1) is 0 Å². The lowest BCUT2D eigenvalue weighted by Gasteiger charge is -2.13. The highest BCUT2D eigenvalue weighted by Gasteiger charge is 2.21. The highest BCUT2D eigenvalue weighted by atomic mass is 16.5. The van der Waals surface area contributed by atoms with Crippen LogP contribution in [0.2, 0.25) is 0 Å². The second kappa shape index (κ2) is 12.1. The number of carbonyl (C=O) groups excluding carboxylic acids is 1. The number of rotatable bonds is 11. The van der Waals surface area contributed by atoms with Gasteiger partial charge in [-0.3, -0.25) is 19.4 Å². The average molecular weight is 541 g/mol.